The van der Waals surface area contributed by atoms with E-state index in [0.29, 0.717) is 6.42 Å². The van der Waals surface area contributed by atoms with Gasteiger partial charge in [0.05, 0.1) is 0 Å². The number of alkyl halides is 1. The highest BCUT2D eigenvalue weighted by molar-refractivity contribution is 4.64. The van der Waals surface area contributed by atoms with Crippen molar-refractivity contribution in [1.29, 1.82) is 0 Å². The van der Waals surface area contributed by atoms with E-state index in [2.05, 4.69) is 5.32 Å². The second kappa shape index (κ2) is 0.937. The monoisotopic (exact) mass is 75.0 g/mol. The summed E-state index contributed by atoms with van der Waals surface area (Å²) in [6, 6.07) is 0. The van der Waals surface area contributed by atoms with Crippen molar-refractivity contribution >= 4 is 0 Å². The lowest BCUT2D eigenvalue weighted by Gasteiger charge is -2.17. The molecule has 1 fully saturated rings. The standard InChI is InChI=1S/C3H6FN/c4-3-1-2-5-3/h3,5H,1-2H2. The minimum absolute atomic E-state index is 0.685. The Morgan fingerprint density at radius 1 is 1.80 bits per heavy atom. The van der Waals surface area contributed by atoms with Crippen LogP contribution in [0.2, 0.25) is 0 Å². The zero-order chi connectivity index (χ0) is 3.70. The van der Waals surface area contributed by atoms with Crippen LogP contribution in [0.4, 0.5) is 4.39 Å². The first-order valence-electron chi connectivity index (χ1n) is 1.77. The molecule has 1 aliphatic heterocycles. The van der Waals surface area contributed by atoms with Gasteiger partial charge in [0.2, 0.25) is 0 Å². The summed E-state index contributed by atoms with van der Waals surface area (Å²) >= 11 is 0. The first-order valence-corrected chi connectivity index (χ1v) is 1.77. The van der Waals surface area contributed by atoms with Gasteiger partial charge in [-0.2, -0.15) is 0 Å². The summed E-state index contributed by atoms with van der Waals surface area (Å²) in [5, 5.41) is 2.54. The summed E-state index contributed by atoms with van der Waals surface area (Å²) in [5.74, 6) is 0. The Hall–Kier alpha value is -0.110. The van der Waals surface area contributed by atoms with Crippen molar-refractivity contribution in [3.05, 3.63) is 0 Å². The normalized spacial score (nSPS) is 36.6. The summed E-state index contributed by atoms with van der Waals surface area (Å²) in [6.07, 6.45) is 0.0231. The van der Waals surface area contributed by atoms with Crippen LogP contribution in [-0.4, -0.2) is 12.8 Å². The molecule has 0 radical (unpaired) electrons. The van der Waals surface area contributed by atoms with Gasteiger partial charge in [0.1, 0.15) is 0 Å². The van der Waals surface area contributed by atoms with E-state index in [-0.39, 0.29) is 0 Å². The Balaban J connectivity index is 2.08. The van der Waals surface area contributed by atoms with Crippen molar-refractivity contribution in [2.24, 2.45) is 0 Å². The summed E-state index contributed by atoms with van der Waals surface area (Å²) in [5.41, 5.74) is 0. The molecule has 1 nitrogen and oxygen atoms in total. The van der Waals surface area contributed by atoms with E-state index >= 15 is 0 Å². The maximum atomic E-state index is 11.4. The molecule has 1 N–H and O–H groups in total. The minimum Gasteiger partial charge on any atom is -0.288 e. The molecule has 1 atom stereocenters. The molecule has 0 aliphatic carbocycles. The molecule has 0 aromatic heterocycles. The largest absolute Gasteiger partial charge is 0.288 e. The molecule has 1 unspecified atom stereocenters. The van der Waals surface area contributed by atoms with Gasteiger partial charge in [0.15, 0.2) is 6.30 Å². The highest BCUT2D eigenvalue weighted by Crippen LogP contribution is 1.99. The van der Waals surface area contributed by atoms with Crippen molar-refractivity contribution in [3.63, 3.8) is 0 Å². The van der Waals surface area contributed by atoms with E-state index in [9.17, 15) is 4.39 Å². The van der Waals surface area contributed by atoms with Crippen LogP contribution in [-0.2, 0) is 0 Å². The second-order valence-corrected chi connectivity index (χ2v) is 1.21. The van der Waals surface area contributed by atoms with Crippen LogP contribution < -0.4 is 5.32 Å². The predicted molar refractivity (Wildman–Crippen MR) is 17.5 cm³/mol. The van der Waals surface area contributed by atoms with Crippen LogP contribution in [0.15, 0.2) is 0 Å². The molecule has 0 amide bonds. The third kappa shape index (κ3) is 0.401. The number of rotatable bonds is 0. The first-order chi connectivity index (χ1) is 2.39. The van der Waals surface area contributed by atoms with Gasteiger partial charge in [-0.1, -0.05) is 0 Å². The summed E-state index contributed by atoms with van der Waals surface area (Å²) in [4.78, 5) is 0. The van der Waals surface area contributed by atoms with Crippen LogP contribution in [0.5, 0.6) is 0 Å². The van der Waals surface area contributed by atoms with Gasteiger partial charge in [-0.3, -0.25) is 5.32 Å². The van der Waals surface area contributed by atoms with Crippen LogP contribution in [0.1, 0.15) is 6.42 Å². The van der Waals surface area contributed by atoms with Gasteiger partial charge < -0.3 is 0 Å². The SMILES string of the molecule is FC1CCN1. The molecule has 0 spiro atoms. The lowest BCUT2D eigenvalue weighted by molar-refractivity contribution is 0.184. The average Bonchev–Trinajstić information content (AvgIpc) is 1.30. The van der Waals surface area contributed by atoms with Crippen molar-refractivity contribution < 1.29 is 4.39 Å². The van der Waals surface area contributed by atoms with Crippen molar-refractivity contribution in [2.45, 2.75) is 12.7 Å². The minimum atomic E-state index is -0.685. The second-order valence-electron chi connectivity index (χ2n) is 1.21. The molecule has 1 aliphatic rings. The van der Waals surface area contributed by atoms with Gasteiger partial charge >= 0.3 is 0 Å². The molecule has 0 saturated carbocycles. The molecule has 30 valence electrons. The fraction of sp³-hybridized carbons (Fsp3) is 1.00. The third-order valence-electron chi connectivity index (χ3n) is 0.764. The van der Waals surface area contributed by atoms with E-state index < -0.39 is 6.30 Å². The molecule has 0 aromatic rings. The number of halogens is 1. The summed E-state index contributed by atoms with van der Waals surface area (Å²) < 4.78 is 11.4. The maximum absolute atomic E-state index is 11.4. The quantitative estimate of drug-likeness (QED) is 0.408. The predicted octanol–water partition coefficient (Wildman–Crippen LogP) is 0.275. The third-order valence-corrected chi connectivity index (χ3v) is 0.764. The Labute approximate surface area is 30.2 Å². The van der Waals surface area contributed by atoms with Gasteiger partial charge in [-0.15, -0.1) is 0 Å². The number of hydrogen-bond donors (Lipinski definition) is 1. The smallest absolute Gasteiger partial charge is 0.152 e. The Morgan fingerprint density at radius 2 is 2.20 bits per heavy atom. The summed E-state index contributed by atoms with van der Waals surface area (Å²) in [7, 11) is 0. The number of nitrogens with one attached hydrogen (secondary N) is 1. The summed E-state index contributed by atoms with van der Waals surface area (Å²) in [6.45, 7) is 0.862. The van der Waals surface area contributed by atoms with Crippen molar-refractivity contribution in [3.8, 4) is 0 Å². The zero-order valence-corrected chi connectivity index (χ0v) is 2.87. The Morgan fingerprint density at radius 3 is 2.20 bits per heavy atom. The van der Waals surface area contributed by atoms with Crippen LogP contribution in [0.25, 0.3) is 0 Å². The molecule has 5 heavy (non-hydrogen) atoms. The molecular weight excluding hydrogens is 69.0 g/mol. The molecule has 1 rings (SSSR count). The molecule has 0 bridgehead atoms. The molecule has 1 saturated heterocycles. The highest BCUT2D eigenvalue weighted by Gasteiger charge is 2.12. The Kier molecular flexibility index (Phi) is 0.580. The topological polar surface area (TPSA) is 12.0 Å². The van der Waals surface area contributed by atoms with E-state index in [1.54, 1.807) is 0 Å². The zero-order valence-electron chi connectivity index (χ0n) is 2.87. The Bertz CT molecular complexity index is 33.9. The maximum Gasteiger partial charge on any atom is 0.152 e. The van der Waals surface area contributed by atoms with E-state index in [0.717, 1.165) is 6.54 Å². The van der Waals surface area contributed by atoms with E-state index in [1.165, 1.54) is 0 Å². The molecule has 0 aromatic carbocycles. The van der Waals surface area contributed by atoms with Crippen LogP contribution in [0.3, 0.4) is 0 Å². The average molecular weight is 75.1 g/mol. The fourth-order valence-corrected chi connectivity index (χ4v) is 0.253. The molecule has 2 heteroatoms. The van der Waals surface area contributed by atoms with Gasteiger partial charge in [0.25, 0.3) is 0 Å². The molecular formula is C3H6FN. The lowest BCUT2D eigenvalue weighted by atomic mass is 10.3. The number of hydrogen-bond acceptors (Lipinski definition) is 1. The van der Waals surface area contributed by atoms with Crippen LogP contribution in [0, 0.1) is 0 Å². The first kappa shape index (κ1) is 3.09. The van der Waals surface area contributed by atoms with Crippen molar-refractivity contribution in [2.75, 3.05) is 6.54 Å². The molecule has 1 heterocycles. The van der Waals surface area contributed by atoms with Gasteiger partial charge in [-0.25, -0.2) is 4.39 Å². The lowest BCUT2D eigenvalue weighted by Crippen LogP contribution is -2.38. The highest BCUT2D eigenvalue weighted by atomic mass is 19.1. The van der Waals surface area contributed by atoms with E-state index in [1.807, 2.05) is 0 Å². The van der Waals surface area contributed by atoms with Gasteiger partial charge in [-0.05, 0) is 0 Å². The van der Waals surface area contributed by atoms with Crippen molar-refractivity contribution in [1.82, 2.24) is 5.32 Å². The van der Waals surface area contributed by atoms with Gasteiger partial charge in [0, 0.05) is 13.0 Å². The van der Waals surface area contributed by atoms with Crippen LogP contribution >= 0.6 is 0 Å². The fourth-order valence-electron chi connectivity index (χ4n) is 0.253. The van der Waals surface area contributed by atoms with E-state index in [4.69, 9.17) is 0 Å².